The van der Waals surface area contributed by atoms with Crippen LogP contribution in [0.15, 0.2) is 29.3 Å². The summed E-state index contributed by atoms with van der Waals surface area (Å²) in [5.41, 5.74) is 1.45. The molecular formula is C20H27N3O4S. The van der Waals surface area contributed by atoms with Crippen molar-refractivity contribution in [2.24, 2.45) is 0 Å². The summed E-state index contributed by atoms with van der Waals surface area (Å²) in [7, 11) is -3.06. The number of para-hydroxylation sites is 1. The summed E-state index contributed by atoms with van der Waals surface area (Å²) in [6.45, 7) is 4.73. The van der Waals surface area contributed by atoms with E-state index in [4.69, 9.17) is 0 Å². The lowest BCUT2D eigenvalue weighted by molar-refractivity contribution is -0.133. The Morgan fingerprint density at radius 1 is 1.36 bits per heavy atom. The van der Waals surface area contributed by atoms with Crippen LogP contribution in [0.1, 0.15) is 38.2 Å². The second kappa shape index (κ2) is 8.43. The maximum absolute atomic E-state index is 12.8. The van der Waals surface area contributed by atoms with Gasteiger partial charge in [-0.05, 0) is 31.4 Å². The van der Waals surface area contributed by atoms with Crippen LogP contribution in [0, 0.1) is 6.92 Å². The Morgan fingerprint density at radius 2 is 2.14 bits per heavy atom. The Balaban J connectivity index is 1.74. The molecule has 0 saturated carbocycles. The summed E-state index contributed by atoms with van der Waals surface area (Å²) in [6.07, 6.45) is 3.89. The van der Waals surface area contributed by atoms with Gasteiger partial charge < -0.3 is 4.90 Å². The highest BCUT2D eigenvalue weighted by atomic mass is 32.2. The number of benzene rings is 1. The fourth-order valence-corrected chi connectivity index (χ4v) is 5.45. The Bertz CT molecular complexity index is 1030. The summed E-state index contributed by atoms with van der Waals surface area (Å²) in [6, 6.07) is 5.22. The highest BCUT2D eigenvalue weighted by Crippen LogP contribution is 2.19. The van der Waals surface area contributed by atoms with Crippen LogP contribution in [0.2, 0.25) is 0 Å². The number of carbonyl (C=O) groups is 1. The van der Waals surface area contributed by atoms with Gasteiger partial charge in [-0.3, -0.25) is 14.2 Å². The number of amides is 1. The van der Waals surface area contributed by atoms with Gasteiger partial charge in [-0.2, -0.15) is 0 Å². The topological polar surface area (TPSA) is 89.3 Å². The molecule has 1 saturated heterocycles. The molecule has 28 heavy (non-hydrogen) atoms. The summed E-state index contributed by atoms with van der Waals surface area (Å²) in [5.74, 6) is 0.0759. The molecule has 152 valence electrons. The van der Waals surface area contributed by atoms with Crippen LogP contribution in [0.4, 0.5) is 0 Å². The van der Waals surface area contributed by atoms with Gasteiger partial charge in [0.1, 0.15) is 0 Å². The van der Waals surface area contributed by atoms with Gasteiger partial charge in [-0.25, -0.2) is 13.4 Å². The molecule has 0 radical (unpaired) electrons. The molecule has 8 heteroatoms. The van der Waals surface area contributed by atoms with Crippen molar-refractivity contribution in [1.82, 2.24) is 14.5 Å². The number of rotatable bonds is 7. The van der Waals surface area contributed by atoms with E-state index in [1.807, 2.05) is 26.0 Å². The number of sulfone groups is 1. The predicted octanol–water partition coefficient (Wildman–Crippen LogP) is 1.91. The average molecular weight is 406 g/mol. The summed E-state index contributed by atoms with van der Waals surface area (Å²) in [4.78, 5) is 31.6. The predicted molar refractivity (Wildman–Crippen MR) is 109 cm³/mol. The van der Waals surface area contributed by atoms with Crippen LogP contribution in [0.5, 0.6) is 0 Å². The number of aromatic nitrogens is 2. The van der Waals surface area contributed by atoms with Crippen molar-refractivity contribution in [2.45, 2.75) is 52.1 Å². The molecule has 0 N–H and O–H groups in total. The van der Waals surface area contributed by atoms with E-state index in [1.165, 1.54) is 10.9 Å². The molecule has 2 heterocycles. The molecular weight excluding hydrogens is 378 g/mol. The van der Waals surface area contributed by atoms with Crippen molar-refractivity contribution >= 4 is 26.6 Å². The standard InChI is InChI=1S/C20H27N3O4S/c1-3-4-10-23(16-9-12-28(26,27)13-16)18(24)8-11-22-14-21-19-15(2)6-5-7-17(19)20(22)25/h5-7,14,16H,3-4,8-13H2,1-2H3. The molecule has 1 aliphatic rings. The highest BCUT2D eigenvalue weighted by molar-refractivity contribution is 7.91. The molecule has 1 fully saturated rings. The quantitative estimate of drug-likeness (QED) is 0.702. The summed E-state index contributed by atoms with van der Waals surface area (Å²) >= 11 is 0. The van der Waals surface area contributed by atoms with Crippen LogP contribution in [-0.4, -0.2) is 52.9 Å². The zero-order chi connectivity index (χ0) is 20.3. The van der Waals surface area contributed by atoms with E-state index < -0.39 is 9.84 Å². The number of nitrogens with zero attached hydrogens (tertiary/aromatic N) is 3. The molecule has 0 bridgehead atoms. The van der Waals surface area contributed by atoms with Gasteiger partial charge in [0, 0.05) is 25.6 Å². The van der Waals surface area contributed by atoms with Crippen molar-refractivity contribution < 1.29 is 13.2 Å². The van der Waals surface area contributed by atoms with Crippen LogP contribution >= 0.6 is 0 Å². The molecule has 0 aliphatic carbocycles. The molecule has 1 unspecified atom stereocenters. The second-order valence-corrected chi connectivity index (χ2v) is 9.69. The smallest absolute Gasteiger partial charge is 0.261 e. The van der Waals surface area contributed by atoms with Crippen LogP contribution in [0.3, 0.4) is 0 Å². The van der Waals surface area contributed by atoms with Gasteiger partial charge in [0.15, 0.2) is 9.84 Å². The third-order valence-electron chi connectivity index (χ3n) is 5.34. The number of hydrogen-bond acceptors (Lipinski definition) is 5. The maximum Gasteiger partial charge on any atom is 0.261 e. The zero-order valence-electron chi connectivity index (χ0n) is 16.4. The third kappa shape index (κ3) is 4.43. The van der Waals surface area contributed by atoms with E-state index in [1.54, 1.807) is 11.0 Å². The molecule has 1 atom stereocenters. The van der Waals surface area contributed by atoms with Gasteiger partial charge in [0.2, 0.25) is 5.91 Å². The maximum atomic E-state index is 12.8. The normalized spacial score (nSPS) is 18.4. The highest BCUT2D eigenvalue weighted by Gasteiger charge is 2.34. The number of fused-ring (bicyclic) bond motifs is 1. The van der Waals surface area contributed by atoms with E-state index in [2.05, 4.69) is 4.98 Å². The minimum atomic E-state index is -3.06. The minimum absolute atomic E-state index is 0.0409. The van der Waals surface area contributed by atoms with Gasteiger partial charge in [0.05, 0.1) is 28.7 Å². The first-order chi connectivity index (χ1) is 13.3. The summed E-state index contributed by atoms with van der Waals surface area (Å²) in [5, 5.41) is 0.541. The lowest BCUT2D eigenvalue weighted by atomic mass is 10.1. The molecule has 1 aliphatic heterocycles. The molecule has 1 amide bonds. The van der Waals surface area contributed by atoms with E-state index in [9.17, 15) is 18.0 Å². The van der Waals surface area contributed by atoms with Crippen molar-refractivity contribution in [3.8, 4) is 0 Å². The van der Waals surface area contributed by atoms with Gasteiger partial charge in [0.25, 0.3) is 5.56 Å². The van der Waals surface area contributed by atoms with E-state index >= 15 is 0 Å². The van der Waals surface area contributed by atoms with E-state index in [-0.39, 0.29) is 42.0 Å². The molecule has 1 aromatic carbocycles. The van der Waals surface area contributed by atoms with Gasteiger partial charge in [-0.1, -0.05) is 25.5 Å². The molecule has 2 aromatic rings. The second-order valence-electron chi connectivity index (χ2n) is 7.46. The Hall–Kier alpha value is -2.22. The molecule has 1 aromatic heterocycles. The first-order valence-electron chi connectivity index (χ1n) is 9.77. The number of aryl methyl sites for hydroxylation is 2. The molecule has 0 spiro atoms. The Labute approximate surface area is 165 Å². The van der Waals surface area contributed by atoms with Crippen molar-refractivity contribution in [3.63, 3.8) is 0 Å². The fraction of sp³-hybridized carbons (Fsp3) is 0.550. The Morgan fingerprint density at radius 3 is 2.82 bits per heavy atom. The van der Waals surface area contributed by atoms with Crippen LogP contribution < -0.4 is 5.56 Å². The SMILES string of the molecule is CCCCN(C(=O)CCn1cnc2c(C)cccc2c1=O)C1CCS(=O)(=O)C1. The van der Waals surface area contributed by atoms with Crippen molar-refractivity contribution in [2.75, 3.05) is 18.1 Å². The number of hydrogen-bond donors (Lipinski definition) is 0. The van der Waals surface area contributed by atoms with Crippen LogP contribution in [-0.2, 0) is 21.2 Å². The monoisotopic (exact) mass is 405 g/mol. The lowest BCUT2D eigenvalue weighted by Crippen LogP contribution is -2.42. The number of carbonyl (C=O) groups excluding carboxylic acids is 1. The third-order valence-corrected chi connectivity index (χ3v) is 7.09. The van der Waals surface area contributed by atoms with Gasteiger partial charge >= 0.3 is 0 Å². The average Bonchev–Trinajstić information content (AvgIpc) is 3.01. The lowest BCUT2D eigenvalue weighted by Gasteiger charge is -2.28. The van der Waals surface area contributed by atoms with Crippen LogP contribution in [0.25, 0.3) is 10.9 Å². The summed E-state index contributed by atoms with van der Waals surface area (Å²) < 4.78 is 25.1. The minimum Gasteiger partial charge on any atom is -0.339 e. The van der Waals surface area contributed by atoms with E-state index in [0.29, 0.717) is 23.9 Å². The largest absolute Gasteiger partial charge is 0.339 e. The zero-order valence-corrected chi connectivity index (χ0v) is 17.2. The van der Waals surface area contributed by atoms with Crippen molar-refractivity contribution in [1.29, 1.82) is 0 Å². The Kier molecular flexibility index (Phi) is 6.17. The van der Waals surface area contributed by atoms with Gasteiger partial charge in [-0.15, -0.1) is 0 Å². The first kappa shape index (κ1) is 20.5. The molecule has 3 rings (SSSR count). The first-order valence-corrected chi connectivity index (χ1v) is 11.6. The van der Waals surface area contributed by atoms with E-state index in [0.717, 1.165) is 18.4 Å². The fourth-order valence-electron chi connectivity index (χ4n) is 3.72. The molecule has 7 nitrogen and oxygen atoms in total. The van der Waals surface area contributed by atoms with Crippen molar-refractivity contribution in [3.05, 3.63) is 40.4 Å². The number of unbranched alkanes of at least 4 members (excludes halogenated alkanes) is 1.